The van der Waals surface area contributed by atoms with Gasteiger partial charge in [-0.15, -0.1) is 13.2 Å². The van der Waals surface area contributed by atoms with Crippen molar-refractivity contribution < 1.29 is 61.9 Å². The molecule has 0 aliphatic carbocycles. The Morgan fingerprint density at radius 3 is 1.68 bits per heavy atom. The topological polar surface area (TPSA) is 63.6 Å². The minimum Gasteiger partial charge on any atom is -1.00 e. The van der Waals surface area contributed by atoms with Crippen LogP contribution in [0.4, 0.5) is 13.2 Å². The monoisotopic (exact) mass is 434 g/mol. The summed E-state index contributed by atoms with van der Waals surface area (Å²) in [6.07, 6.45) is 6.26. The van der Waals surface area contributed by atoms with Crippen molar-refractivity contribution in [1.29, 1.82) is 0 Å². The van der Waals surface area contributed by atoms with Crippen LogP contribution in [0.1, 0.15) is 71.2 Å². The van der Waals surface area contributed by atoms with Gasteiger partial charge in [-0.05, 0) is 37.0 Å². The maximum absolute atomic E-state index is 11.8. The standard InChI is InChI=1S/C19H29F3O4S.Na.H/c20-19(21,22)26-16-10-8-6-4-2-1-3-5-7-9-11-17-12-14-18(15-13-17)27(23,24)25;;/h12-15H,1-11,16H2,(H,23,24,25);;/q;+1;-1. The van der Waals surface area contributed by atoms with Crippen molar-refractivity contribution in [1.82, 2.24) is 0 Å². The van der Waals surface area contributed by atoms with Gasteiger partial charge in [0.05, 0.1) is 11.5 Å². The van der Waals surface area contributed by atoms with E-state index in [1.54, 1.807) is 12.1 Å². The van der Waals surface area contributed by atoms with Gasteiger partial charge in [-0.2, -0.15) is 8.42 Å². The van der Waals surface area contributed by atoms with Gasteiger partial charge in [0.2, 0.25) is 0 Å². The molecule has 158 valence electrons. The third-order valence-corrected chi connectivity index (χ3v) is 5.21. The maximum Gasteiger partial charge on any atom is 1.00 e. The molecule has 1 N–H and O–H groups in total. The Labute approximate surface area is 189 Å². The molecule has 1 aromatic carbocycles. The molecule has 1 rings (SSSR count). The Bertz CT molecular complexity index is 625. The van der Waals surface area contributed by atoms with E-state index in [1.165, 1.54) is 12.1 Å². The summed E-state index contributed by atoms with van der Waals surface area (Å²) in [4.78, 5) is -0.0841. The van der Waals surface area contributed by atoms with Gasteiger partial charge < -0.3 is 1.43 Å². The fraction of sp³-hybridized carbons (Fsp3) is 0.684. The molecule has 0 saturated carbocycles. The largest absolute Gasteiger partial charge is 1.00 e. The number of halogens is 3. The normalized spacial score (nSPS) is 12.0. The molecule has 0 atom stereocenters. The van der Waals surface area contributed by atoms with Crippen LogP contribution >= 0.6 is 0 Å². The summed E-state index contributed by atoms with van der Waals surface area (Å²) < 4.78 is 69.9. The van der Waals surface area contributed by atoms with E-state index in [9.17, 15) is 21.6 Å². The minimum atomic E-state index is -4.51. The summed E-state index contributed by atoms with van der Waals surface area (Å²) in [5.74, 6) is 0. The van der Waals surface area contributed by atoms with E-state index in [1.807, 2.05) is 0 Å². The van der Waals surface area contributed by atoms with Gasteiger partial charge in [0.1, 0.15) is 0 Å². The van der Waals surface area contributed by atoms with Crippen LogP contribution in [0.3, 0.4) is 0 Å². The van der Waals surface area contributed by atoms with Crippen molar-refractivity contribution in [3.8, 4) is 0 Å². The van der Waals surface area contributed by atoms with Crippen molar-refractivity contribution in [3.63, 3.8) is 0 Å². The van der Waals surface area contributed by atoms with E-state index in [2.05, 4.69) is 4.74 Å². The van der Waals surface area contributed by atoms with Crippen LogP contribution in [0.2, 0.25) is 0 Å². The predicted molar refractivity (Wildman–Crippen MR) is 99.2 cm³/mol. The molecule has 4 nitrogen and oxygen atoms in total. The van der Waals surface area contributed by atoms with Crippen LogP contribution < -0.4 is 29.6 Å². The quantitative estimate of drug-likeness (QED) is 0.278. The molecule has 0 heterocycles. The summed E-state index contributed by atoms with van der Waals surface area (Å²) in [5.41, 5.74) is 1.05. The van der Waals surface area contributed by atoms with Gasteiger partial charge in [-0.25, -0.2) is 0 Å². The molecule has 0 fully saturated rings. The molecule has 0 bridgehead atoms. The summed E-state index contributed by atoms with van der Waals surface area (Å²) in [7, 11) is -4.12. The van der Waals surface area contributed by atoms with Gasteiger partial charge >= 0.3 is 35.9 Å². The zero-order valence-electron chi connectivity index (χ0n) is 17.5. The molecular weight excluding hydrogens is 404 g/mol. The van der Waals surface area contributed by atoms with Gasteiger partial charge in [-0.1, -0.05) is 63.5 Å². The SMILES string of the molecule is O=S(=O)(O)c1ccc(CCCCCCCCCCCCOC(F)(F)F)cc1.[H-].[Na+]. The molecule has 0 radical (unpaired) electrons. The number of rotatable bonds is 14. The first-order chi connectivity index (χ1) is 12.7. The smallest absolute Gasteiger partial charge is 1.00 e. The van der Waals surface area contributed by atoms with Crippen LogP contribution in [0.5, 0.6) is 0 Å². The number of hydrogen-bond acceptors (Lipinski definition) is 3. The fourth-order valence-corrected chi connectivity index (χ4v) is 3.34. The van der Waals surface area contributed by atoms with Gasteiger partial charge in [0.15, 0.2) is 0 Å². The molecule has 9 heteroatoms. The van der Waals surface area contributed by atoms with E-state index < -0.39 is 16.5 Å². The second-order valence-corrected chi connectivity index (χ2v) is 8.12. The molecule has 0 aromatic heterocycles. The predicted octanol–water partition coefficient (Wildman–Crippen LogP) is 3.03. The van der Waals surface area contributed by atoms with E-state index in [-0.39, 0.29) is 42.5 Å². The van der Waals surface area contributed by atoms with Crippen molar-refractivity contribution in [2.24, 2.45) is 0 Å². The molecule has 1 aromatic rings. The van der Waals surface area contributed by atoms with Crippen LogP contribution in [0.15, 0.2) is 29.2 Å². The van der Waals surface area contributed by atoms with Crippen molar-refractivity contribution in [2.45, 2.75) is 81.9 Å². The average molecular weight is 434 g/mol. The first-order valence-electron chi connectivity index (χ1n) is 9.45. The molecular formula is C19H30F3NaO4S. The third kappa shape index (κ3) is 14.8. The minimum absolute atomic E-state index is 0. The molecule has 0 aliphatic heterocycles. The number of alkyl halides is 3. The van der Waals surface area contributed by atoms with E-state index >= 15 is 0 Å². The summed E-state index contributed by atoms with van der Waals surface area (Å²) in [5, 5.41) is 0. The molecule has 28 heavy (non-hydrogen) atoms. The molecule has 0 spiro atoms. The average Bonchev–Trinajstić information content (AvgIpc) is 2.57. The molecule has 0 unspecified atom stereocenters. The summed E-state index contributed by atoms with van der Waals surface area (Å²) in [6, 6.07) is 6.28. The van der Waals surface area contributed by atoms with Crippen LogP contribution in [-0.2, 0) is 21.3 Å². The van der Waals surface area contributed by atoms with E-state index in [4.69, 9.17) is 4.55 Å². The number of ether oxygens (including phenoxy) is 1. The molecule has 0 saturated heterocycles. The summed E-state index contributed by atoms with van der Waals surface area (Å²) >= 11 is 0. The second kappa shape index (κ2) is 14.8. The van der Waals surface area contributed by atoms with Crippen LogP contribution in [0.25, 0.3) is 0 Å². The Morgan fingerprint density at radius 1 is 0.821 bits per heavy atom. The number of unbranched alkanes of at least 4 members (excludes halogenated alkanes) is 9. The zero-order chi connectivity index (χ0) is 20.2. The number of hydrogen-bond donors (Lipinski definition) is 1. The van der Waals surface area contributed by atoms with Gasteiger partial charge in [-0.3, -0.25) is 9.29 Å². The Kier molecular flexibility index (Phi) is 14.7. The van der Waals surface area contributed by atoms with E-state index in [0.717, 1.165) is 69.8 Å². The maximum atomic E-state index is 11.8. The third-order valence-electron chi connectivity index (χ3n) is 4.35. The van der Waals surface area contributed by atoms with Gasteiger partial charge in [0.25, 0.3) is 10.1 Å². The first kappa shape index (κ1) is 27.9. The Morgan fingerprint density at radius 2 is 1.25 bits per heavy atom. The summed E-state index contributed by atoms with van der Waals surface area (Å²) in [6.45, 7) is -0.248. The van der Waals surface area contributed by atoms with Crippen LogP contribution in [-0.4, -0.2) is 25.9 Å². The van der Waals surface area contributed by atoms with Crippen molar-refractivity contribution in [3.05, 3.63) is 29.8 Å². The second-order valence-electron chi connectivity index (χ2n) is 6.70. The zero-order valence-corrected chi connectivity index (χ0v) is 19.3. The van der Waals surface area contributed by atoms with Crippen molar-refractivity contribution in [2.75, 3.05) is 6.61 Å². The fourth-order valence-electron chi connectivity index (χ4n) is 2.86. The Balaban J connectivity index is 0. The number of aryl methyl sites for hydroxylation is 1. The van der Waals surface area contributed by atoms with Crippen molar-refractivity contribution >= 4 is 10.1 Å². The van der Waals surface area contributed by atoms with Gasteiger partial charge in [0, 0.05) is 0 Å². The van der Waals surface area contributed by atoms with Crippen LogP contribution in [0, 0.1) is 0 Å². The van der Waals surface area contributed by atoms with E-state index in [0.29, 0.717) is 6.42 Å². The Hall–Kier alpha value is -0.120. The molecule has 0 amide bonds. The molecule has 0 aliphatic rings. The number of benzene rings is 1. The first-order valence-corrected chi connectivity index (χ1v) is 10.9.